The quantitative estimate of drug-likeness (QED) is 0.514. The molecule has 0 spiro atoms. The summed E-state index contributed by atoms with van der Waals surface area (Å²) in [5, 5.41) is 0. The van der Waals surface area contributed by atoms with Gasteiger partial charge in [-0.25, -0.2) is 0 Å². The van der Waals surface area contributed by atoms with E-state index < -0.39 is 0 Å². The van der Waals surface area contributed by atoms with Crippen molar-refractivity contribution in [3.63, 3.8) is 0 Å². The average Bonchev–Trinajstić information content (AvgIpc) is 1.63. The zero-order valence-electron chi connectivity index (χ0n) is 5.94. The van der Waals surface area contributed by atoms with Crippen LogP contribution in [-0.4, -0.2) is 26.7 Å². The van der Waals surface area contributed by atoms with E-state index in [1.165, 1.54) is 0 Å². The van der Waals surface area contributed by atoms with E-state index in [0.29, 0.717) is 33.8 Å². The fourth-order valence-electron chi connectivity index (χ4n) is 0.586. The number of ketones is 1. The van der Waals surface area contributed by atoms with Gasteiger partial charge >= 0.3 is 16.3 Å². The highest BCUT2D eigenvalue weighted by Gasteiger charge is 1.95. The van der Waals surface area contributed by atoms with E-state index in [4.69, 9.17) is 0 Å². The third kappa shape index (κ3) is 7.87. The molecule has 0 aliphatic carbocycles. The Kier molecular flexibility index (Phi) is 4.66. The van der Waals surface area contributed by atoms with Gasteiger partial charge in [0.15, 0.2) is 0 Å². The maximum absolute atomic E-state index is 10.4. The largest absolute Gasteiger partial charge is 0.322 e. The molecule has 2 nitrogen and oxygen atoms in total. The summed E-state index contributed by atoms with van der Waals surface area (Å²) >= 11 is 0.629. The molecule has 0 aromatic heterocycles. The molecule has 0 aromatic rings. The second-order valence-corrected chi connectivity index (χ2v) is 3.37. The normalized spacial score (nSPS) is 9.00. The third-order valence-electron chi connectivity index (χ3n) is 1.06. The van der Waals surface area contributed by atoms with Gasteiger partial charge in [-0.2, -0.15) is 0 Å². The molecule has 50 valence electrons. The van der Waals surface area contributed by atoms with Crippen molar-refractivity contribution < 1.29 is 9.59 Å². The van der Waals surface area contributed by atoms with Gasteiger partial charge < -0.3 is 9.59 Å². The topological polar surface area (TPSA) is 34.1 Å². The van der Waals surface area contributed by atoms with Gasteiger partial charge in [-0.1, -0.05) is 0 Å². The number of Topliss-reactive ketones (excluding diaryl/α,β-unsaturated/α-hetero) is 1. The number of carbonyl (C=O) groups excluding carboxylic acids is 2. The highest BCUT2D eigenvalue weighted by atomic mass is 27.0. The Morgan fingerprint density at radius 2 is 1.89 bits per heavy atom. The summed E-state index contributed by atoms with van der Waals surface area (Å²) in [5.74, 6) is 0.179. The summed E-state index contributed by atoms with van der Waals surface area (Å²) in [6.45, 7) is 1.55. The van der Waals surface area contributed by atoms with Gasteiger partial charge in [0.1, 0.15) is 5.78 Å². The molecule has 0 unspecified atom stereocenters. The van der Waals surface area contributed by atoms with Gasteiger partial charge in [-0.05, 0) is 19.8 Å². The van der Waals surface area contributed by atoms with Crippen molar-refractivity contribution >= 4 is 26.7 Å². The molecule has 3 heteroatoms. The Morgan fingerprint density at radius 3 is 2.22 bits per heavy atom. The summed E-state index contributed by atoms with van der Waals surface area (Å²) in [6.07, 6.45) is 1.91. The van der Waals surface area contributed by atoms with Gasteiger partial charge in [-0.15, -0.1) is 0 Å². The van der Waals surface area contributed by atoms with E-state index in [-0.39, 0.29) is 5.78 Å². The predicted molar refractivity (Wildman–Crippen MR) is 38.1 cm³/mol. The molecule has 9 heavy (non-hydrogen) atoms. The van der Waals surface area contributed by atoms with Crippen LogP contribution < -0.4 is 0 Å². The second kappa shape index (κ2) is 4.72. The molecule has 0 aliphatic heterocycles. The summed E-state index contributed by atoms with van der Waals surface area (Å²) in [4.78, 5) is 20.7. The smallest absolute Gasteiger partial charge is 0.319 e. The highest BCUT2D eigenvalue weighted by molar-refractivity contribution is 6.57. The first-order valence-electron chi connectivity index (χ1n) is 3.12. The van der Waals surface area contributed by atoms with Crippen LogP contribution in [0.1, 0.15) is 26.2 Å². The summed E-state index contributed by atoms with van der Waals surface area (Å²) in [7, 11) is 0. The Bertz CT molecular complexity index is 106. The lowest BCUT2D eigenvalue weighted by Crippen LogP contribution is -1.97. The first-order valence-corrected chi connectivity index (χ1v) is 4.12. The van der Waals surface area contributed by atoms with Crippen LogP contribution in [-0.2, 0) is 9.59 Å². The van der Waals surface area contributed by atoms with Crippen LogP contribution in [0.15, 0.2) is 0 Å². The molecular weight excluding hydrogens is 131 g/mol. The Labute approximate surface area is 63.0 Å². The lowest BCUT2D eigenvalue weighted by molar-refractivity contribution is -0.117. The van der Waals surface area contributed by atoms with E-state index in [1.807, 2.05) is 0 Å². The fraction of sp³-hybridized carbons (Fsp3) is 0.667. The van der Waals surface area contributed by atoms with Crippen molar-refractivity contribution in [2.24, 2.45) is 0 Å². The minimum atomic E-state index is 0.179. The Morgan fingerprint density at radius 1 is 1.33 bits per heavy atom. The summed E-state index contributed by atoms with van der Waals surface area (Å²) in [6, 6.07) is 0. The third-order valence-corrected chi connectivity index (χ3v) is 1.56. The molecule has 0 saturated heterocycles. The zero-order chi connectivity index (χ0) is 7.28. The van der Waals surface area contributed by atoms with E-state index in [2.05, 4.69) is 0 Å². The molecule has 0 fully saturated rings. The molecule has 0 aromatic carbocycles. The second-order valence-electron chi connectivity index (χ2n) is 2.26. The predicted octanol–water partition coefficient (Wildman–Crippen LogP) is -0.0946. The van der Waals surface area contributed by atoms with Gasteiger partial charge in [-0.3, -0.25) is 0 Å². The van der Waals surface area contributed by atoms with Crippen molar-refractivity contribution in [1.82, 2.24) is 0 Å². The molecule has 0 atom stereocenters. The molecule has 0 saturated carbocycles. The van der Waals surface area contributed by atoms with Crippen LogP contribution in [0.4, 0.5) is 0 Å². The minimum Gasteiger partial charge on any atom is -0.322 e. The number of hydrogen-bond donors (Lipinski definition) is 0. The maximum atomic E-state index is 10.4. The molecule has 0 amide bonds. The van der Waals surface area contributed by atoms with E-state index in [0.717, 1.165) is 6.42 Å². The standard InChI is InChI=1S/C6H9O2.Al.2H/c1-6(8)4-2-3-5-7;;;/h2-4H2,1H3;;;. The molecule has 0 aliphatic rings. The van der Waals surface area contributed by atoms with Crippen LogP contribution in [0.2, 0.25) is 0 Å². The van der Waals surface area contributed by atoms with Gasteiger partial charge in [0.25, 0.3) is 0 Å². The lowest BCUT2D eigenvalue weighted by Gasteiger charge is -1.91. The first-order chi connectivity index (χ1) is 4.13. The molecular formula is C6H11AlO2. The molecule has 0 heterocycles. The van der Waals surface area contributed by atoms with Crippen molar-refractivity contribution in [1.29, 1.82) is 0 Å². The highest BCUT2D eigenvalue weighted by Crippen LogP contribution is 1.94. The molecule has 0 N–H and O–H groups in total. The first kappa shape index (κ1) is 8.87. The SMILES string of the molecule is CC(=O)CCC[C](=O)[AlH2]. The molecule has 0 rings (SSSR count). The summed E-state index contributed by atoms with van der Waals surface area (Å²) < 4.78 is 0.302. The monoisotopic (exact) mass is 142 g/mol. The van der Waals surface area contributed by atoms with Crippen LogP contribution in [0, 0.1) is 0 Å². The van der Waals surface area contributed by atoms with Crippen molar-refractivity contribution in [2.45, 2.75) is 26.2 Å². The Balaban J connectivity index is 3.10. The Hall–Kier alpha value is -0.128. The molecule has 0 bridgehead atoms. The lowest BCUT2D eigenvalue weighted by atomic mass is 10.2. The average molecular weight is 142 g/mol. The van der Waals surface area contributed by atoms with Crippen molar-refractivity contribution in [3.8, 4) is 0 Å². The van der Waals surface area contributed by atoms with Crippen LogP contribution in [0.3, 0.4) is 0 Å². The summed E-state index contributed by atoms with van der Waals surface area (Å²) in [5.41, 5.74) is 0. The number of carbonyl (C=O) groups is 2. The molecule has 0 radical (unpaired) electrons. The minimum absolute atomic E-state index is 0.179. The maximum Gasteiger partial charge on any atom is 0.319 e. The number of hydrogen-bond acceptors (Lipinski definition) is 2. The fourth-order valence-corrected chi connectivity index (χ4v) is 0.940. The van der Waals surface area contributed by atoms with E-state index >= 15 is 0 Å². The number of rotatable bonds is 4. The van der Waals surface area contributed by atoms with E-state index in [1.54, 1.807) is 6.92 Å². The van der Waals surface area contributed by atoms with Crippen molar-refractivity contribution in [3.05, 3.63) is 0 Å². The van der Waals surface area contributed by atoms with E-state index in [9.17, 15) is 9.59 Å². The van der Waals surface area contributed by atoms with Crippen LogP contribution in [0.25, 0.3) is 0 Å². The van der Waals surface area contributed by atoms with Gasteiger partial charge in [0.2, 0.25) is 0 Å². The van der Waals surface area contributed by atoms with Crippen LogP contribution in [0.5, 0.6) is 0 Å². The van der Waals surface area contributed by atoms with Gasteiger partial charge in [0, 0.05) is 11.1 Å². The van der Waals surface area contributed by atoms with Crippen LogP contribution >= 0.6 is 0 Å². The van der Waals surface area contributed by atoms with Gasteiger partial charge in [0.05, 0.1) is 0 Å². The van der Waals surface area contributed by atoms with Crippen molar-refractivity contribution in [2.75, 3.05) is 0 Å². The zero-order valence-corrected chi connectivity index (χ0v) is 7.94.